The van der Waals surface area contributed by atoms with Crippen LogP contribution in [0.15, 0.2) is 18.2 Å². The first-order chi connectivity index (χ1) is 7.97. The van der Waals surface area contributed by atoms with Crippen molar-refractivity contribution in [1.82, 2.24) is 0 Å². The third-order valence-electron chi connectivity index (χ3n) is 2.40. The Labute approximate surface area is 97.8 Å². The lowest BCUT2D eigenvalue weighted by Gasteiger charge is -2.17. The molecule has 1 aromatic rings. The minimum Gasteiger partial charge on any atom is -0.399 e. The smallest absolute Gasteiger partial charge is 0.277 e. The van der Waals surface area contributed by atoms with E-state index in [0.717, 1.165) is 6.07 Å². The monoisotopic (exact) mass is 241 g/mol. The molecule has 0 amide bonds. The van der Waals surface area contributed by atoms with Crippen molar-refractivity contribution in [3.63, 3.8) is 0 Å². The van der Waals surface area contributed by atoms with Crippen LogP contribution < -0.4 is 11.5 Å². The number of nitrogens with two attached hydrogens (primary N) is 2. The SMILES string of the molecule is NCCC(O)C(O)c1ccc(N)cc1[N+](=O)[O-]. The molecular formula is C10H15N3O4. The Morgan fingerprint density at radius 1 is 1.41 bits per heavy atom. The molecule has 0 saturated carbocycles. The second kappa shape index (κ2) is 5.58. The third-order valence-corrected chi connectivity index (χ3v) is 2.40. The Hall–Kier alpha value is -1.70. The Morgan fingerprint density at radius 3 is 2.59 bits per heavy atom. The fourth-order valence-corrected chi connectivity index (χ4v) is 1.50. The summed E-state index contributed by atoms with van der Waals surface area (Å²) in [6.07, 6.45) is -2.33. The van der Waals surface area contributed by atoms with Crippen molar-refractivity contribution in [3.05, 3.63) is 33.9 Å². The van der Waals surface area contributed by atoms with Crippen molar-refractivity contribution in [1.29, 1.82) is 0 Å². The highest BCUT2D eigenvalue weighted by Crippen LogP contribution is 2.29. The van der Waals surface area contributed by atoms with E-state index in [4.69, 9.17) is 11.5 Å². The normalized spacial score (nSPS) is 14.3. The molecule has 0 saturated heterocycles. The van der Waals surface area contributed by atoms with Crippen LogP contribution in [-0.2, 0) is 0 Å². The van der Waals surface area contributed by atoms with E-state index in [-0.39, 0.29) is 29.9 Å². The van der Waals surface area contributed by atoms with Gasteiger partial charge in [0.15, 0.2) is 0 Å². The first-order valence-electron chi connectivity index (χ1n) is 5.07. The molecule has 0 radical (unpaired) electrons. The largest absolute Gasteiger partial charge is 0.399 e. The first-order valence-corrected chi connectivity index (χ1v) is 5.07. The predicted octanol–water partition coefficient (Wildman–Crippen LogP) is -0.0799. The molecule has 0 fully saturated rings. The fraction of sp³-hybridized carbons (Fsp3) is 0.400. The average molecular weight is 241 g/mol. The van der Waals surface area contributed by atoms with Crippen LogP contribution in [0, 0.1) is 10.1 Å². The van der Waals surface area contributed by atoms with Crippen molar-refractivity contribution < 1.29 is 15.1 Å². The van der Waals surface area contributed by atoms with Gasteiger partial charge in [-0.05, 0) is 25.1 Å². The Morgan fingerprint density at radius 2 is 2.06 bits per heavy atom. The van der Waals surface area contributed by atoms with Gasteiger partial charge in [-0.2, -0.15) is 0 Å². The van der Waals surface area contributed by atoms with Gasteiger partial charge in [0.25, 0.3) is 5.69 Å². The van der Waals surface area contributed by atoms with E-state index >= 15 is 0 Å². The van der Waals surface area contributed by atoms with Gasteiger partial charge in [0, 0.05) is 11.8 Å². The summed E-state index contributed by atoms with van der Waals surface area (Å²) in [7, 11) is 0. The standard InChI is InChI=1S/C10H15N3O4/c11-4-3-9(14)10(15)7-2-1-6(12)5-8(7)13(16)17/h1-2,5,9-10,14-15H,3-4,11-12H2. The van der Waals surface area contributed by atoms with Crippen molar-refractivity contribution in [2.24, 2.45) is 5.73 Å². The minimum atomic E-state index is -1.35. The lowest BCUT2D eigenvalue weighted by atomic mass is 10.00. The number of nitro groups is 1. The summed E-state index contributed by atoms with van der Waals surface area (Å²) >= 11 is 0. The number of anilines is 1. The van der Waals surface area contributed by atoms with Gasteiger partial charge in [-0.3, -0.25) is 10.1 Å². The molecule has 0 bridgehead atoms. The molecule has 17 heavy (non-hydrogen) atoms. The van der Waals surface area contributed by atoms with Gasteiger partial charge in [-0.25, -0.2) is 0 Å². The number of hydrogen-bond acceptors (Lipinski definition) is 6. The molecular weight excluding hydrogens is 226 g/mol. The van der Waals surface area contributed by atoms with Crippen molar-refractivity contribution in [3.8, 4) is 0 Å². The van der Waals surface area contributed by atoms with Crippen LogP contribution in [0.1, 0.15) is 18.1 Å². The van der Waals surface area contributed by atoms with E-state index in [1.54, 1.807) is 0 Å². The topological polar surface area (TPSA) is 136 Å². The molecule has 2 unspecified atom stereocenters. The Bertz CT molecular complexity index is 411. The summed E-state index contributed by atoms with van der Waals surface area (Å²) in [5.41, 5.74) is 10.6. The summed E-state index contributed by atoms with van der Waals surface area (Å²) in [5, 5.41) is 30.1. The third kappa shape index (κ3) is 3.13. The van der Waals surface area contributed by atoms with Crippen LogP contribution in [-0.4, -0.2) is 27.8 Å². The Balaban J connectivity index is 3.08. The molecule has 6 N–H and O–H groups in total. The van der Waals surface area contributed by atoms with Crippen molar-refractivity contribution in [2.75, 3.05) is 12.3 Å². The van der Waals surface area contributed by atoms with Gasteiger partial charge in [-0.15, -0.1) is 0 Å². The van der Waals surface area contributed by atoms with Crippen molar-refractivity contribution in [2.45, 2.75) is 18.6 Å². The molecule has 94 valence electrons. The molecule has 7 nitrogen and oxygen atoms in total. The van der Waals surface area contributed by atoms with E-state index in [9.17, 15) is 20.3 Å². The summed E-state index contributed by atoms with van der Waals surface area (Å²) < 4.78 is 0. The number of nitrogen functional groups attached to an aromatic ring is 1. The molecule has 0 aliphatic rings. The van der Waals surface area contributed by atoms with Crippen LogP contribution in [0.4, 0.5) is 11.4 Å². The molecule has 0 aromatic heterocycles. The van der Waals surface area contributed by atoms with Crippen LogP contribution in [0.2, 0.25) is 0 Å². The lowest BCUT2D eigenvalue weighted by molar-refractivity contribution is -0.386. The van der Waals surface area contributed by atoms with E-state index in [1.165, 1.54) is 12.1 Å². The molecule has 0 aliphatic heterocycles. The number of nitrogens with zero attached hydrogens (tertiary/aromatic N) is 1. The van der Waals surface area contributed by atoms with Gasteiger partial charge in [0.2, 0.25) is 0 Å². The van der Waals surface area contributed by atoms with Crippen LogP contribution in [0.3, 0.4) is 0 Å². The second-order valence-corrected chi connectivity index (χ2v) is 3.66. The zero-order valence-electron chi connectivity index (χ0n) is 9.11. The summed E-state index contributed by atoms with van der Waals surface area (Å²) in [6.45, 7) is 0.182. The number of aliphatic hydroxyl groups excluding tert-OH is 2. The van der Waals surface area contributed by atoms with Crippen LogP contribution in [0.25, 0.3) is 0 Å². The molecule has 1 aromatic carbocycles. The molecule has 7 heteroatoms. The van der Waals surface area contributed by atoms with E-state index in [2.05, 4.69) is 0 Å². The van der Waals surface area contributed by atoms with Gasteiger partial charge >= 0.3 is 0 Å². The zero-order valence-corrected chi connectivity index (χ0v) is 9.11. The Kier molecular flexibility index (Phi) is 4.38. The summed E-state index contributed by atoms with van der Waals surface area (Å²) in [5.74, 6) is 0. The maximum absolute atomic E-state index is 10.8. The quantitative estimate of drug-likeness (QED) is 0.323. The fourth-order valence-electron chi connectivity index (χ4n) is 1.50. The van der Waals surface area contributed by atoms with Gasteiger partial charge < -0.3 is 21.7 Å². The molecule has 0 heterocycles. The van der Waals surface area contributed by atoms with Gasteiger partial charge in [0.1, 0.15) is 6.10 Å². The molecule has 0 aliphatic carbocycles. The maximum atomic E-state index is 10.8. The zero-order chi connectivity index (χ0) is 13.0. The average Bonchev–Trinajstić information content (AvgIpc) is 2.28. The summed E-state index contributed by atoms with van der Waals surface area (Å²) in [6, 6.07) is 3.91. The summed E-state index contributed by atoms with van der Waals surface area (Å²) in [4.78, 5) is 10.1. The van der Waals surface area contributed by atoms with E-state index in [0.29, 0.717) is 0 Å². The minimum absolute atomic E-state index is 0.0325. The lowest BCUT2D eigenvalue weighted by Crippen LogP contribution is -2.22. The highest BCUT2D eigenvalue weighted by molar-refractivity contribution is 5.53. The van der Waals surface area contributed by atoms with Crippen LogP contribution in [0.5, 0.6) is 0 Å². The molecule has 0 spiro atoms. The first kappa shape index (κ1) is 13.4. The number of nitro benzene ring substituents is 1. The van der Waals surface area contributed by atoms with E-state index in [1.807, 2.05) is 0 Å². The van der Waals surface area contributed by atoms with Crippen molar-refractivity contribution >= 4 is 11.4 Å². The van der Waals surface area contributed by atoms with Gasteiger partial charge in [-0.1, -0.05) is 0 Å². The molecule has 2 atom stereocenters. The maximum Gasteiger partial charge on any atom is 0.277 e. The second-order valence-electron chi connectivity index (χ2n) is 3.66. The number of aliphatic hydroxyl groups is 2. The number of hydrogen-bond donors (Lipinski definition) is 4. The predicted molar refractivity (Wildman–Crippen MR) is 62.1 cm³/mol. The molecule has 1 rings (SSSR count). The number of rotatable bonds is 5. The number of benzene rings is 1. The van der Waals surface area contributed by atoms with Crippen LogP contribution >= 0.6 is 0 Å². The van der Waals surface area contributed by atoms with E-state index < -0.39 is 17.1 Å². The highest BCUT2D eigenvalue weighted by atomic mass is 16.6. The highest BCUT2D eigenvalue weighted by Gasteiger charge is 2.25. The van der Waals surface area contributed by atoms with Gasteiger partial charge in [0.05, 0.1) is 16.6 Å².